The Kier molecular flexibility index (Phi) is 8.81. The van der Waals surface area contributed by atoms with Crippen molar-refractivity contribution in [2.45, 2.75) is 57.3 Å². The summed E-state index contributed by atoms with van der Waals surface area (Å²) in [5, 5.41) is 24.4. The van der Waals surface area contributed by atoms with E-state index in [-0.39, 0.29) is 31.5 Å². The molecule has 1 aromatic carbocycles. The number of hydrogen-bond donors (Lipinski definition) is 3. The highest BCUT2D eigenvalue weighted by Gasteiger charge is 2.55. The molecule has 5 atom stereocenters. The van der Waals surface area contributed by atoms with Crippen LogP contribution in [0.25, 0.3) is 0 Å². The van der Waals surface area contributed by atoms with Gasteiger partial charge in [0.2, 0.25) is 5.91 Å². The van der Waals surface area contributed by atoms with Gasteiger partial charge in [0.05, 0.1) is 19.1 Å². The summed E-state index contributed by atoms with van der Waals surface area (Å²) < 4.78 is 22.6. The molecule has 1 fully saturated rings. The number of amides is 1. The number of ether oxygens (including phenoxy) is 2. The molecule has 0 radical (unpaired) electrons. The second kappa shape index (κ2) is 11.3. The van der Waals surface area contributed by atoms with Crippen molar-refractivity contribution in [2.24, 2.45) is 0 Å². The quantitative estimate of drug-likeness (QED) is 0.227. The smallest absolute Gasteiger partial charge is 0.320 e. The average molecular weight is 529 g/mol. The number of allylic oxidation sites excluding steroid dienone is 1. The number of aliphatic hydroxyl groups excluding tert-OH is 1. The van der Waals surface area contributed by atoms with Crippen molar-refractivity contribution in [2.75, 3.05) is 13.2 Å². The number of carbonyl (C=O) groups is 3. The molecule has 192 valence electrons. The van der Waals surface area contributed by atoms with Crippen LogP contribution < -0.4 is 9.61 Å². The molecule has 1 saturated heterocycles. The maximum atomic E-state index is 12.3. The number of benzene rings is 1. The van der Waals surface area contributed by atoms with Crippen molar-refractivity contribution in [1.29, 1.82) is 0 Å². The predicted octanol–water partition coefficient (Wildman–Crippen LogP) is 1.000. The third kappa shape index (κ3) is 6.95. The van der Waals surface area contributed by atoms with Crippen molar-refractivity contribution in [3.05, 3.63) is 42.6 Å². The van der Waals surface area contributed by atoms with Crippen LogP contribution in [0, 0.1) is 0 Å². The fraction of sp³-hybridized carbons (Fsp3) is 0.500. The van der Waals surface area contributed by atoms with Crippen LogP contribution in [0.3, 0.4) is 0 Å². The van der Waals surface area contributed by atoms with Gasteiger partial charge in [-0.3, -0.25) is 19.3 Å². The van der Waals surface area contributed by atoms with E-state index in [1.165, 1.54) is 19.2 Å². The maximum absolute atomic E-state index is 12.3. The number of hydrogen-bond acceptors (Lipinski definition) is 10. The van der Waals surface area contributed by atoms with Crippen LogP contribution in [0.4, 0.5) is 0 Å². The van der Waals surface area contributed by atoms with Crippen LogP contribution in [0.1, 0.15) is 27.2 Å². The van der Waals surface area contributed by atoms with E-state index in [0.717, 1.165) is 4.90 Å². The summed E-state index contributed by atoms with van der Waals surface area (Å²) in [6.07, 6.45) is -2.09. The van der Waals surface area contributed by atoms with E-state index >= 15 is 0 Å². The van der Waals surface area contributed by atoms with Crippen molar-refractivity contribution < 1.29 is 43.1 Å². The summed E-state index contributed by atoms with van der Waals surface area (Å²) in [5.41, 5.74) is -1.87. The highest BCUT2D eigenvalue weighted by molar-refractivity contribution is 8.09. The molecular formula is C22H29N2O9PS. The molecule has 0 aliphatic carbocycles. The summed E-state index contributed by atoms with van der Waals surface area (Å²) in [4.78, 5) is 36.9. The van der Waals surface area contributed by atoms with Gasteiger partial charge in [-0.1, -0.05) is 18.2 Å². The van der Waals surface area contributed by atoms with Crippen LogP contribution in [-0.4, -0.2) is 76.1 Å². The Morgan fingerprint density at radius 2 is 2.03 bits per heavy atom. The van der Waals surface area contributed by atoms with Crippen molar-refractivity contribution in [3.8, 4) is 5.75 Å². The minimum atomic E-state index is -3.36. The number of nitrogens with one attached hydrogen (secondary N) is 1. The SMILES string of the molecule is CC(C)OC(=O)CNP(=S)(OC[C@H]1O[C@@H](N2C=CC(=O)CC2=O)[C@](C)(O)[C@@H]1O)Oc1ccccc1. The van der Waals surface area contributed by atoms with Crippen molar-refractivity contribution in [1.82, 2.24) is 9.99 Å². The number of rotatable bonds is 10. The third-order valence-electron chi connectivity index (χ3n) is 5.20. The summed E-state index contributed by atoms with van der Waals surface area (Å²) >= 11 is 5.57. The standard InChI is InChI=1S/C22H29N2O9PS/c1-14(2)31-19(27)12-23-34(35,33-16-7-5-4-6-8-16)30-13-17-20(28)22(3,29)21(32-17)24-10-9-15(25)11-18(24)26/h4-10,14,17,20-21,28-29H,11-13H2,1-3H3,(H,23,35)/t17-,20-,21-,22-,34?/m1/s1. The molecule has 2 aliphatic heterocycles. The van der Waals surface area contributed by atoms with Crippen LogP contribution in [0.5, 0.6) is 5.75 Å². The van der Waals surface area contributed by atoms with Gasteiger partial charge >= 0.3 is 12.6 Å². The molecule has 0 bridgehead atoms. The average Bonchev–Trinajstić information content (AvgIpc) is 3.00. The van der Waals surface area contributed by atoms with Gasteiger partial charge in [-0.25, -0.2) is 5.09 Å². The monoisotopic (exact) mass is 528 g/mol. The maximum Gasteiger partial charge on any atom is 0.320 e. The summed E-state index contributed by atoms with van der Waals surface area (Å²) in [6.45, 7) is 0.776. The van der Waals surface area contributed by atoms with E-state index in [1.54, 1.807) is 44.2 Å². The van der Waals surface area contributed by atoms with Gasteiger partial charge in [-0.15, -0.1) is 0 Å². The van der Waals surface area contributed by atoms with Gasteiger partial charge in [0.1, 0.15) is 30.1 Å². The van der Waals surface area contributed by atoms with E-state index in [1.807, 2.05) is 0 Å². The van der Waals surface area contributed by atoms with E-state index in [9.17, 15) is 24.6 Å². The predicted molar refractivity (Wildman–Crippen MR) is 127 cm³/mol. The lowest BCUT2D eigenvalue weighted by atomic mass is 9.95. The van der Waals surface area contributed by atoms with Gasteiger partial charge in [0, 0.05) is 6.20 Å². The van der Waals surface area contributed by atoms with Gasteiger partial charge in [0.25, 0.3) is 0 Å². The number of aliphatic hydroxyl groups is 2. The van der Waals surface area contributed by atoms with Crippen LogP contribution in [0.15, 0.2) is 42.6 Å². The molecule has 13 heteroatoms. The molecule has 2 heterocycles. The van der Waals surface area contributed by atoms with Crippen LogP contribution in [-0.2, 0) is 40.2 Å². The van der Waals surface area contributed by atoms with E-state index in [4.69, 9.17) is 30.3 Å². The Hall–Kier alpha value is -2.18. The first kappa shape index (κ1) is 27.4. The second-order valence-electron chi connectivity index (χ2n) is 8.53. The fourth-order valence-corrected chi connectivity index (χ4v) is 5.40. The lowest BCUT2D eigenvalue weighted by molar-refractivity contribution is -0.158. The van der Waals surface area contributed by atoms with Crippen molar-refractivity contribution >= 4 is 36.1 Å². The molecule has 0 saturated carbocycles. The Morgan fingerprint density at radius 3 is 2.66 bits per heavy atom. The minimum absolute atomic E-state index is 0.280. The fourth-order valence-electron chi connectivity index (χ4n) is 3.49. The second-order valence-corrected chi connectivity index (χ2v) is 11.7. The topological polar surface area (TPSA) is 144 Å². The molecule has 2 aliphatic rings. The molecule has 35 heavy (non-hydrogen) atoms. The molecule has 0 aromatic heterocycles. The molecule has 1 aromatic rings. The molecule has 0 spiro atoms. The van der Waals surface area contributed by atoms with E-state index in [0.29, 0.717) is 5.75 Å². The molecule has 3 rings (SSSR count). The first-order valence-corrected chi connectivity index (χ1v) is 13.6. The molecule has 3 N–H and O–H groups in total. The highest BCUT2D eigenvalue weighted by atomic mass is 32.5. The minimum Gasteiger partial charge on any atom is -0.462 e. The summed E-state index contributed by atoms with van der Waals surface area (Å²) in [6, 6.07) is 8.59. The van der Waals surface area contributed by atoms with Crippen LogP contribution in [0.2, 0.25) is 0 Å². The Bertz CT molecular complexity index is 1020. The summed E-state index contributed by atoms with van der Waals surface area (Å²) in [5.74, 6) is -1.10. The third-order valence-corrected chi connectivity index (χ3v) is 7.62. The number of nitrogens with zero attached hydrogens (tertiary/aromatic N) is 1. The number of carbonyl (C=O) groups excluding carboxylic acids is 3. The number of esters is 1. The molecule has 1 unspecified atom stereocenters. The number of ketones is 1. The Balaban J connectivity index is 1.72. The van der Waals surface area contributed by atoms with E-state index in [2.05, 4.69) is 5.09 Å². The zero-order chi connectivity index (χ0) is 25.8. The largest absolute Gasteiger partial charge is 0.462 e. The van der Waals surface area contributed by atoms with Crippen LogP contribution >= 0.6 is 6.64 Å². The first-order valence-electron chi connectivity index (χ1n) is 10.9. The first-order chi connectivity index (χ1) is 16.4. The van der Waals surface area contributed by atoms with Gasteiger partial charge in [0.15, 0.2) is 12.0 Å². The molecule has 11 nitrogen and oxygen atoms in total. The lowest BCUT2D eigenvalue weighted by Crippen LogP contribution is -2.54. The Morgan fingerprint density at radius 1 is 1.34 bits per heavy atom. The normalized spacial score (nSPS) is 28.3. The van der Waals surface area contributed by atoms with Gasteiger partial charge < -0.3 is 28.7 Å². The van der Waals surface area contributed by atoms with Gasteiger partial charge in [-0.05, 0) is 50.8 Å². The van der Waals surface area contributed by atoms with Crippen molar-refractivity contribution in [3.63, 3.8) is 0 Å². The van der Waals surface area contributed by atoms with E-state index < -0.39 is 42.6 Å². The molecular weight excluding hydrogens is 499 g/mol. The lowest BCUT2D eigenvalue weighted by Gasteiger charge is -2.34. The molecule has 1 amide bonds. The zero-order valence-electron chi connectivity index (χ0n) is 19.5. The summed E-state index contributed by atoms with van der Waals surface area (Å²) in [7, 11) is 0. The zero-order valence-corrected chi connectivity index (χ0v) is 21.2. The van der Waals surface area contributed by atoms with Gasteiger partial charge in [-0.2, -0.15) is 0 Å². The highest BCUT2D eigenvalue weighted by Crippen LogP contribution is 2.46. The number of para-hydroxylation sites is 1. The Labute approximate surface area is 208 Å².